The molecule has 6 nitrogen and oxygen atoms in total. The molecule has 0 N–H and O–H groups in total. The Kier molecular flexibility index (Phi) is 4.53. The normalized spacial score (nSPS) is 19.0. The summed E-state index contributed by atoms with van der Waals surface area (Å²) in [6, 6.07) is 4.20. The van der Waals surface area contributed by atoms with E-state index >= 15 is 0 Å². The number of amides is 1. The second kappa shape index (κ2) is 6.63. The molecular formula is C19H23N3O3. The Morgan fingerprint density at radius 1 is 1.24 bits per heavy atom. The summed E-state index contributed by atoms with van der Waals surface area (Å²) in [5.74, 6) is 0.601. The van der Waals surface area contributed by atoms with Crippen molar-refractivity contribution in [2.75, 3.05) is 6.61 Å². The second-order valence-corrected chi connectivity index (χ2v) is 6.30. The van der Waals surface area contributed by atoms with Gasteiger partial charge in [0.2, 0.25) is 6.23 Å². The van der Waals surface area contributed by atoms with Crippen LogP contribution in [0.25, 0.3) is 0 Å². The van der Waals surface area contributed by atoms with Crippen molar-refractivity contribution in [3.05, 3.63) is 58.3 Å². The minimum atomic E-state index is -0.492. The van der Waals surface area contributed by atoms with E-state index < -0.39 is 12.3 Å². The van der Waals surface area contributed by atoms with Crippen LogP contribution < -0.4 is 0 Å². The van der Waals surface area contributed by atoms with Gasteiger partial charge in [0.25, 0.3) is 0 Å². The number of carbonyl (C=O) groups is 1. The van der Waals surface area contributed by atoms with Crippen LogP contribution in [-0.2, 0) is 9.57 Å². The van der Waals surface area contributed by atoms with Gasteiger partial charge in [-0.1, -0.05) is 28.9 Å². The fourth-order valence-corrected chi connectivity index (χ4v) is 3.21. The number of benzene rings is 1. The largest absolute Gasteiger partial charge is 0.448 e. The maximum absolute atomic E-state index is 12.5. The fourth-order valence-electron chi connectivity index (χ4n) is 3.21. The number of carbonyl (C=O) groups excluding carboxylic acids is 1. The van der Waals surface area contributed by atoms with Crippen LogP contribution in [-0.4, -0.2) is 34.8 Å². The molecule has 2 heterocycles. The molecule has 0 aliphatic carbocycles. The molecule has 0 spiro atoms. The fraction of sp³-hybridized carbons (Fsp3) is 0.368. The Bertz CT molecular complexity index is 772. The molecule has 0 bridgehead atoms. The molecule has 6 heteroatoms. The monoisotopic (exact) mass is 341 g/mol. The van der Waals surface area contributed by atoms with Crippen LogP contribution in [0.2, 0.25) is 0 Å². The van der Waals surface area contributed by atoms with Crippen LogP contribution in [0.3, 0.4) is 0 Å². The third-order valence-electron chi connectivity index (χ3n) is 4.14. The maximum Gasteiger partial charge on any atom is 0.433 e. The second-order valence-electron chi connectivity index (χ2n) is 6.30. The van der Waals surface area contributed by atoms with Crippen LogP contribution in [0.5, 0.6) is 0 Å². The van der Waals surface area contributed by atoms with E-state index in [2.05, 4.69) is 24.2 Å². The lowest BCUT2D eigenvalue weighted by Gasteiger charge is -2.31. The molecule has 0 aromatic heterocycles. The predicted octanol–water partition coefficient (Wildman–Crippen LogP) is 3.78. The summed E-state index contributed by atoms with van der Waals surface area (Å²) in [7, 11) is 0. The summed E-state index contributed by atoms with van der Waals surface area (Å²) in [5, 5.41) is 7.44. The van der Waals surface area contributed by atoms with Crippen molar-refractivity contribution in [3.63, 3.8) is 0 Å². The molecular weight excluding hydrogens is 318 g/mol. The van der Waals surface area contributed by atoms with E-state index in [1.165, 1.54) is 10.6 Å². The number of rotatable bonds is 2. The molecule has 0 fully saturated rings. The van der Waals surface area contributed by atoms with E-state index in [1.807, 2.05) is 32.9 Å². The highest BCUT2D eigenvalue weighted by molar-refractivity contribution is 6.02. The van der Waals surface area contributed by atoms with Gasteiger partial charge in [-0.2, -0.15) is 5.01 Å². The van der Waals surface area contributed by atoms with Crippen molar-refractivity contribution in [2.24, 2.45) is 5.16 Å². The van der Waals surface area contributed by atoms with Crippen LogP contribution in [0.4, 0.5) is 4.79 Å². The van der Waals surface area contributed by atoms with Crippen molar-refractivity contribution in [1.29, 1.82) is 0 Å². The van der Waals surface area contributed by atoms with E-state index in [-0.39, 0.29) is 0 Å². The highest BCUT2D eigenvalue weighted by atomic mass is 16.7. The number of aryl methyl sites for hydroxylation is 3. The van der Waals surface area contributed by atoms with E-state index in [0.717, 1.165) is 22.3 Å². The Morgan fingerprint density at radius 2 is 1.92 bits per heavy atom. The number of hydrogen-bond acceptors (Lipinski definition) is 5. The van der Waals surface area contributed by atoms with Gasteiger partial charge in [0.1, 0.15) is 0 Å². The summed E-state index contributed by atoms with van der Waals surface area (Å²) in [6.45, 7) is 10.1. The van der Waals surface area contributed by atoms with Gasteiger partial charge in [-0.15, -0.1) is 0 Å². The Labute approximate surface area is 148 Å². The topological polar surface area (TPSA) is 54.4 Å². The minimum Gasteiger partial charge on any atom is -0.448 e. The summed E-state index contributed by atoms with van der Waals surface area (Å²) < 4.78 is 5.22. The molecule has 1 atom stereocenters. The van der Waals surface area contributed by atoms with Crippen LogP contribution in [0.1, 0.15) is 36.1 Å². The summed E-state index contributed by atoms with van der Waals surface area (Å²) in [6.07, 6.45) is 4.56. The van der Waals surface area contributed by atoms with Gasteiger partial charge in [0.05, 0.1) is 6.61 Å². The summed E-state index contributed by atoms with van der Waals surface area (Å²) in [5.41, 5.74) is 5.23. The molecule has 2 aliphatic rings. The average Bonchev–Trinajstić information content (AvgIpc) is 2.85. The van der Waals surface area contributed by atoms with Crippen molar-refractivity contribution in [2.45, 2.75) is 40.8 Å². The number of ether oxygens (including phenoxy) is 1. The molecule has 0 saturated heterocycles. The highest BCUT2D eigenvalue weighted by Gasteiger charge is 2.39. The summed E-state index contributed by atoms with van der Waals surface area (Å²) >= 11 is 0. The highest BCUT2D eigenvalue weighted by Crippen LogP contribution is 2.29. The van der Waals surface area contributed by atoms with Gasteiger partial charge < -0.3 is 9.57 Å². The van der Waals surface area contributed by atoms with Gasteiger partial charge in [-0.05, 0) is 57.4 Å². The van der Waals surface area contributed by atoms with Crippen molar-refractivity contribution >= 4 is 11.9 Å². The smallest absolute Gasteiger partial charge is 0.433 e. The van der Waals surface area contributed by atoms with Crippen LogP contribution in [0, 0.1) is 20.8 Å². The first-order chi connectivity index (χ1) is 11.9. The lowest BCUT2D eigenvalue weighted by Crippen LogP contribution is -2.49. The molecule has 132 valence electrons. The van der Waals surface area contributed by atoms with Gasteiger partial charge >= 0.3 is 6.09 Å². The van der Waals surface area contributed by atoms with E-state index in [0.29, 0.717) is 12.4 Å². The van der Waals surface area contributed by atoms with Crippen molar-refractivity contribution in [3.8, 4) is 0 Å². The maximum atomic E-state index is 12.5. The molecule has 1 aromatic rings. The third kappa shape index (κ3) is 3.12. The Morgan fingerprint density at radius 3 is 2.56 bits per heavy atom. The molecule has 1 aromatic carbocycles. The standard InChI is InChI=1S/C19H23N3O3/c1-6-24-19(23)21-11-12(2)7-8-16-22(21)18(20-25-16)17-14(4)9-13(3)10-15(17)5/h7-11,16H,6H2,1-5H3. The number of fused-ring (bicyclic) bond motifs is 1. The van der Waals surface area contributed by atoms with Gasteiger partial charge in [-0.25, -0.2) is 9.80 Å². The molecule has 1 amide bonds. The molecule has 0 radical (unpaired) electrons. The zero-order valence-corrected chi connectivity index (χ0v) is 15.2. The first-order valence-corrected chi connectivity index (χ1v) is 8.36. The summed E-state index contributed by atoms with van der Waals surface area (Å²) in [4.78, 5) is 18.1. The number of hydrogen-bond donors (Lipinski definition) is 0. The SMILES string of the molecule is CCOC(=O)N1C=C(C)C=CC2ON=C(c3c(C)cc(C)cc3C)N21. The van der Waals surface area contributed by atoms with E-state index in [4.69, 9.17) is 9.57 Å². The van der Waals surface area contributed by atoms with Gasteiger partial charge in [0, 0.05) is 11.8 Å². The van der Waals surface area contributed by atoms with E-state index in [9.17, 15) is 4.79 Å². The van der Waals surface area contributed by atoms with Crippen LogP contribution in [0.15, 0.2) is 41.2 Å². The third-order valence-corrected chi connectivity index (χ3v) is 4.14. The first kappa shape index (κ1) is 17.1. The van der Waals surface area contributed by atoms with Crippen molar-refractivity contribution < 1.29 is 14.4 Å². The molecule has 2 aliphatic heterocycles. The molecule has 25 heavy (non-hydrogen) atoms. The Balaban J connectivity index is 2.08. The number of nitrogens with zero attached hydrogens (tertiary/aromatic N) is 3. The van der Waals surface area contributed by atoms with Crippen LogP contribution >= 0.6 is 0 Å². The molecule has 0 saturated carbocycles. The lowest BCUT2D eigenvalue weighted by atomic mass is 9.98. The van der Waals surface area contributed by atoms with Crippen molar-refractivity contribution in [1.82, 2.24) is 10.0 Å². The number of hydrazine groups is 1. The number of oxime groups is 1. The van der Waals surface area contributed by atoms with E-state index in [1.54, 1.807) is 18.1 Å². The lowest BCUT2D eigenvalue weighted by molar-refractivity contribution is -0.0345. The molecule has 3 rings (SSSR count). The average molecular weight is 341 g/mol. The number of allylic oxidation sites excluding steroid dienone is 2. The minimum absolute atomic E-state index is 0.296. The first-order valence-electron chi connectivity index (χ1n) is 8.36. The zero-order valence-electron chi connectivity index (χ0n) is 15.2. The Hall–Kier alpha value is -2.76. The zero-order chi connectivity index (χ0) is 18.1. The molecule has 1 unspecified atom stereocenters. The quantitative estimate of drug-likeness (QED) is 0.821. The van der Waals surface area contributed by atoms with Gasteiger partial charge in [-0.3, -0.25) is 0 Å². The predicted molar refractivity (Wildman–Crippen MR) is 95.7 cm³/mol. The number of amidine groups is 1. The van der Waals surface area contributed by atoms with Gasteiger partial charge in [0.15, 0.2) is 5.84 Å².